The first kappa shape index (κ1) is 10.1. The van der Waals surface area contributed by atoms with Crippen LogP contribution in [0.4, 0.5) is 0 Å². The fraction of sp³-hybridized carbons (Fsp3) is 0.636. The van der Waals surface area contributed by atoms with Gasteiger partial charge >= 0.3 is 0 Å². The molecule has 0 amide bonds. The van der Waals surface area contributed by atoms with E-state index in [4.69, 9.17) is 0 Å². The highest BCUT2D eigenvalue weighted by Gasteiger charge is 2.16. The molecule has 2 rings (SSSR count). The summed E-state index contributed by atoms with van der Waals surface area (Å²) < 4.78 is 0. The Morgan fingerprint density at radius 3 is 3.29 bits per heavy atom. The Hall–Kier alpha value is -0.380. The van der Waals surface area contributed by atoms with Crippen LogP contribution in [0.5, 0.6) is 0 Å². The van der Waals surface area contributed by atoms with E-state index in [-0.39, 0.29) is 0 Å². The first-order chi connectivity index (χ1) is 6.86. The van der Waals surface area contributed by atoms with Gasteiger partial charge in [0, 0.05) is 30.6 Å². The number of hydrogen-bond acceptors (Lipinski definition) is 3. The van der Waals surface area contributed by atoms with E-state index in [1.165, 1.54) is 24.4 Å². The van der Waals surface area contributed by atoms with Gasteiger partial charge in [0.05, 0.1) is 0 Å². The molecule has 1 aromatic heterocycles. The monoisotopic (exact) mass is 210 g/mol. The van der Waals surface area contributed by atoms with Gasteiger partial charge in [0.1, 0.15) is 0 Å². The van der Waals surface area contributed by atoms with Crippen LogP contribution < -0.4 is 5.32 Å². The molecule has 1 atom stereocenters. The highest BCUT2D eigenvalue weighted by molar-refractivity contribution is 7.09. The van der Waals surface area contributed by atoms with Crippen LogP contribution in [0.25, 0.3) is 0 Å². The second-order valence-corrected chi connectivity index (χ2v) is 4.97. The molecular weight excluding hydrogens is 192 g/mol. The molecule has 1 aromatic rings. The third-order valence-corrected chi connectivity index (χ3v) is 3.74. The predicted octanol–water partition coefficient (Wildman–Crippen LogP) is 1.93. The molecule has 0 aliphatic carbocycles. The molecule has 3 heteroatoms. The van der Waals surface area contributed by atoms with Crippen LogP contribution in [0.1, 0.15) is 18.2 Å². The molecule has 1 aliphatic rings. The molecule has 1 fully saturated rings. The molecule has 0 spiro atoms. The molecule has 2 heterocycles. The Morgan fingerprint density at radius 1 is 1.57 bits per heavy atom. The van der Waals surface area contributed by atoms with E-state index in [1.54, 1.807) is 0 Å². The van der Waals surface area contributed by atoms with Gasteiger partial charge in [-0.1, -0.05) is 6.07 Å². The predicted molar refractivity (Wildman–Crippen MR) is 61.7 cm³/mol. The zero-order valence-corrected chi connectivity index (χ0v) is 9.52. The zero-order valence-electron chi connectivity index (χ0n) is 8.70. The number of rotatable bonds is 2. The van der Waals surface area contributed by atoms with E-state index in [9.17, 15) is 0 Å². The number of nitrogens with one attached hydrogen (secondary N) is 1. The lowest BCUT2D eigenvalue weighted by Crippen LogP contribution is -2.33. The van der Waals surface area contributed by atoms with Crippen molar-refractivity contribution in [3.8, 4) is 0 Å². The first-order valence-electron chi connectivity index (χ1n) is 5.33. The third-order valence-electron chi connectivity index (χ3n) is 2.88. The molecule has 0 saturated carbocycles. The Kier molecular flexibility index (Phi) is 3.56. The normalized spacial score (nSPS) is 24.8. The second-order valence-electron chi connectivity index (χ2n) is 3.94. The van der Waals surface area contributed by atoms with Crippen molar-refractivity contribution >= 4 is 11.3 Å². The Balaban J connectivity index is 1.94. The maximum atomic E-state index is 3.45. The molecular formula is C11H18N2S. The summed E-state index contributed by atoms with van der Waals surface area (Å²) in [5.41, 5.74) is 0. The van der Waals surface area contributed by atoms with Crippen LogP contribution in [-0.4, -0.2) is 30.6 Å². The Labute approximate surface area is 89.9 Å². The van der Waals surface area contributed by atoms with E-state index < -0.39 is 0 Å². The maximum Gasteiger partial charge on any atom is 0.0331 e. The molecule has 2 nitrogen and oxygen atoms in total. The van der Waals surface area contributed by atoms with Gasteiger partial charge in [-0.25, -0.2) is 0 Å². The molecule has 78 valence electrons. The third kappa shape index (κ3) is 2.56. The quantitative estimate of drug-likeness (QED) is 0.802. The van der Waals surface area contributed by atoms with Crippen molar-refractivity contribution in [2.75, 3.05) is 19.6 Å². The van der Waals surface area contributed by atoms with Crippen LogP contribution in [0, 0.1) is 0 Å². The highest BCUT2D eigenvalue weighted by Crippen LogP contribution is 2.15. The van der Waals surface area contributed by atoms with Gasteiger partial charge in [-0.3, -0.25) is 4.90 Å². The molecule has 0 aromatic carbocycles. The number of thiophene rings is 1. The molecule has 1 N–H and O–H groups in total. The lowest BCUT2D eigenvalue weighted by atomic mass is 10.2. The summed E-state index contributed by atoms with van der Waals surface area (Å²) in [5.74, 6) is 0. The largest absolute Gasteiger partial charge is 0.315 e. The van der Waals surface area contributed by atoms with E-state index in [0.29, 0.717) is 6.04 Å². The summed E-state index contributed by atoms with van der Waals surface area (Å²) in [6.07, 6.45) is 1.27. The van der Waals surface area contributed by atoms with Crippen molar-refractivity contribution in [2.24, 2.45) is 0 Å². The first-order valence-corrected chi connectivity index (χ1v) is 6.21. The van der Waals surface area contributed by atoms with Gasteiger partial charge in [-0.2, -0.15) is 0 Å². The van der Waals surface area contributed by atoms with Crippen molar-refractivity contribution in [3.05, 3.63) is 22.4 Å². The summed E-state index contributed by atoms with van der Waals surface area (Å²) in [5, 5.41) is 5.61. The van der Waals surface area contributed by atoms with E-state index in [2.05, 4.69) is 34.7 Å². The van der Waals surface area contributed by atoms with Gasteiger partial charge in [0.2, 0.25) is 0 Å². The van der Waals surface area contributed by atoms with Crippen LogP contribution in [0.3, 0.4) is 0 Å². The van der Waals surface area contributed by atoms with Crippen LogP contribution in [0.2, 0.25) is 0 Å². The SMILES string of the molecule is CC1CCNCCN1Cc1cccs1. The minimum Gasteiger partial charge on any atom is -0.315 e. The average molecular weight is 210 g/mol. The van der Waals surface area contributed by atoms with Crippen LogP contribution in [-0.2, 0) is 6.54 Å². The summed E-state index contributed by atoms with van der Waals surface area (Å²) in [7, 11) is 0. The second kappa shape index (κ2) is 4.91. The van der Waals surface area contributed by atoms with Gasteiger partial charge in [0.15, 0.2) is 0 Å². The molecule has 1 saturated heterocycles. The van der Waals surface area contributed by atoms with Gasteiger partial charge in [0.25, 0.3) is 0 Å². The van der Waals surface area contributed by atoms with Crippen LogP contribution >= 0.6 is 11.3 Å². The fourth-order valence-electron chi connectivity index (χ4n) is 1.90. The zero-order chi connectivity index (χ0) is 9.80. The number of hydrogen-bond donors (Lipinski definition) is 1. The molecule has 0 bridgehead atoms. The molecule has 14 heavy (non-hydrogen) atoms. The summed E-state index contributed by atoms with van der Waals surface area (Å²) in [6, 6.07) is 5.09. The minimum absolute atomic E-state index is 0.715. The number of nitrogens with zero attached hydrogens (tertiary/aromatic N) is 1. The summed E-state index contributed by atoms with van der Waals surface area (Å²) >= 11 is 1.86. The van der Waals surface area contributed by atoms with Crippen LogP contribution in [0.15, 0.2) is 17.5 Å². The van der Waals surface area contributed by atoms with Crippen molar-refractivity contribution < 1.29 is 0 Å². The highest BCUT2D eigenvalue weighted by atomic mass is 32.1. The lowest BCUT2D eigenvalue weighted by molar-refractivity contribution is 0.213. The van der Waals surface area contributed by atoms with Crippen molar-refractivity contribution in [3.63, 3.8) is 0 Å². The van der Waals surface area contributed by atoms with Gasteiger partial charge in [-0.05, 0) is 31.3 Å². The smallest absolute Gasteiger partial charge is 0.0331 e. The van der Waals surface area contributed by atoms with E-state index >= 15 is 0 Å². The molecule has 1 aliphatic heterocycles. The molecule has 0 radical (unpaired) electrons. The van der Waals surface area contributed by atoms with Crippen molar-refractivity contribution in [1.82, 2.24) is 10.2 Å². The molecule has 1 unspecified atom stereocenters. The van der Waals surface area contributed by atoms with Gasteiger partial charge < -0.3 is 5.32 Å². The van der Waals surface area contributed by atoms with Crippen molar-refractivity contribution in [1.29, 1.82) is 0 Å². The topological polar surface area (TPSA) is 15.3 Å². The standard InChI is InChI=1S/C11H18N2S/c1-10-4-5-12-6-7-13(10)9-11-3-2-8-14-11/h2-3,8,10,12H,4-7,9H2,1H3. The fourth-order valence-corrected chi connectivity index (χ4v) is 2.63. The minimum atomic E-state index is 0.715. The average Bonchev–Trinajstić information content (AvgIpc) is 2.60. The Bertz CT molecular complexity index is 258. The summed E-state index contributed by atoms with van der Waals surface area (Å²) in [4.78, 5) is 4.06. The summed E-state index contributed by atoms with van der Waals surface area (Å²) in [6.45, 7) is 6.94. The Morgan fingerprint density at radius 2 is 2.50 bits per heavy atom. The van der Waals surface area contributed by atoms with E-state index in [0.717, 1.165) is 13.1 Å². The van der Waals surface area contributed by atoms with E-state index in [1.807, 2.05) is 11.3 Å². The van der Waals surface area contributed by atoms with Crippen molar-refractivity contribution in [2.45, 2.75) is 25.9 Å². The maximum absolute atomic E-state index is 3.45. The van der Waals surface area contributed by atoms with Gasteiger partial charge in [-0.15, -0.1) is 11.3 Å². The lowest BCUT2D eigenvalue weighted by Gasteiger charge is -2.25.